The number of carbonyl (C=O) groups excluding carboxylic acids is 2. The Balaban J connectivity index is 1.84. The van der Waals surface area contributed by atoms with E-state index in [0.29, 0.717) is 26.3 Å². The van der Waals surface area contributed by atoms with Gasteiger partial charge in [0, 0.05) is 13.1 Å². The first-order chi connectivity index (χ1) is 11.5. The van der Waals surface area contributed by atoms with Crippen LogP contribution in [0.25, 0.3) is 0 Å². The minimum atomic E-state index is -0.374. The molecule has 1 N–H and O–H groups in total. The molecule has 6 heteroatoms. The maximum atomic E-state index is 12.4. The first-order valence-corrected chi connectivity index (χ1v) is 8.40. The van der Waals surface area contributed by atoms with Gasteiger partial charge in [-0.15, -0.1) is 0 Å². The van der Waals surface area contributed by atoms with Crippen LogP contribution in [0, 0.1) is 0 Å². The molecular weight excluding hydrogens is 306 g/mol. The third-order valence-electron chi connectivity index (χ3n) is 4.45. The number of nitrogens with zero attached hydrogens (tertiary/aromatic N) is 2. The van der Waals surface area contributed by atoms with Crippen molar-refractivity contribution in [1.82, 2.24) is 15.1 Å². The van der Waals surface area contributed by atoms with Gasteiger partial charge in [0.25, 0.3) is 0 Å². The van der Waals surface area contributed by atoms with Crippen LogP contribution in [0.15, 0.2) is 30.3 Å². The van der Waals surface area contributed by atoms with Crippen molar-refractivity contribution >= 4 is 11.8 Å². The van der Waals surface area contributed by atoms with Gasteiger partial charge in [-0.25, -0.2) is 0 Å². The minimum Gasteiger partial charge on any atom is -0.378 e. The Hall–Kier alpha value is -1.92. The number of rotatable bonds is 6. The van der Waals surface area contributed by atoms with Crippen LogP contribution < -0.4 is 5.32 Å². The Morgan fingerprint density at radius 2 is 1.83 bits per heavy atom. The fraction of sp³-hybridized carbons (Fsp3) is 0.556. The van der Waals surface area contributed by atoms with Gasteiger partial charge in [0.05, 0.1) is 31.8 Å². The van der Waals surface area contributed by atoms with E-state index in [1.54, 1.807) is 16.8 Å². The van der Waals surface area contributed by atoms with Gasteiger partial charge < -0.3 is 15.0 Å². The Morgan fingerprint density at radius 1 is 1.21 bits per heavy atom. The summed E-state index contributed by atoms with van der Waals surface area (Å²) in [7, 11) is 1.80. The smallest absolute Gasteiger partial charge is 0.237 e. The van der Waals surface area contributed by atoms with Crippen LogP contribution in [0.2, 0.25) is 0 Å². The van der Waals surface area contributed by atoms with Gasteiger partial charge in [0.15, 0.2) is 0 Å². The lowest BCUT2D eigenvalue weighted by atomic mass is 10.1. The molecule has 1 aromatic carbocycles. The van der Waals surface area contributed by atoms with Crippen LogP contribution in [0.3, 0.4) is 0 Å². The Labute approximate surface area is 143 Å². The summed E-state index contributed by atoms with van der Waals surface area (Å²) in [6, 6.07) is 9.39. The van der Waals surface area contributed by atoms with Gasteiger partial charge in [-0.1, -0.05) is 30.3 Å². The van der Waals surface area contributed by atoms with Gasteiger partial charge in [0.2, 0.25) is 11.8 Å². The van der Waals surface area contributed by atoms with Crippen LogP contribution >= 0.6 is 0 Å². The van der Waals surface area contributed by atoms with Crippen LogP contribution in [0.4, 0.5) is 0 Å². The van der Waals surface area contributed by atoms with E-state index in [1.165, 1.54) is 0 Å². The summed E-state index contributed by atoms with van der Waals surface area (Å²) >= 11 is 0. The molecule has 132 valence electrons. The molecule has 0 bridgehead atoms. The molecule has 24 heavy (non-hydrogen) atoms. The maximum absolute atomic E-state index is 12.4. The number of amides is 2. The van der Waals surface area contributed by atoms with E-state index in [4.69, 9.17) is 4.74 Å². The summed E-state index contributed by atoms with van der Waals surface area (Å²) in [4.78, 5) is 28.3. The molecule has 1 aliphatic rings. The first kappa shape index (κ1) is 18.4. The number of hydrogen-bond acceptors (Lipinski definition) is 4. The molecular formula is C18H27N3O3. The van der Waals surface area contributed by atoms with Crippen molar-refractivity contribution < 1.29 is 14.3 Å². The fourth-order valence-corrected chi connectivity index (χ4v) is 2.62. The number of morpholine rings is 1. The second kappa shape index (κ2) is 8.80. The highest BCUT2D eigenvalue weighted by Gasteiger charge is 2.24. The molecule has 2 rings (SSSR count). The molecule has 0 saturated carbocycles. The zero-order valence-corrected chi connectivity index (χ0v) is 14.7. The molecule has 0 spiro atoms. The molecule has 0 unspecified atom stereocenters. The SMILES string of the molecule is C[C@H](C(=O)N[C@H](C)c1ccccc1)N(C)CC(=O)N1CCOCC1. The van der Waals surface area contributed by atoms with E-state index in [2.05, 4.69) is 5.32 Å². The predicted molar refractivity (Wildman–Crippen MR) is 92.5 cm³/mol. The number of likely N-dealkylation sites (N-methyl/N-ethyl adjacent to an activating group) is 1. The molecule has 6 nitrogen and oxygen atoms in total. The molecule has 1 saturated heterocycles. The van der Waals surface area contributed by atoms with Crippen LogP contribution in [0.1, 0.15) is 25.5 Å². The standard InChI is InChI=1S/C18H27N3O3/c1-14(16-7-5-4-6-8-16)19-18(23)15(2)20(3)13-17(22)21-9-11-24-12-10-21/h4-8,14-15H,9-13H2,1-3H3,(H,19,23)/t14-,15-/m1/s1. The minimum absolute atomic E-state index is 0.0385. The molecule has 1 aliphatic heterocycles. The van der Waals surface area contributed by atoms with E-state index in [1.807, 2.05) is 44.2 Å². The molecule has 2 amide bonds. The van der Waals surface area contributed by atoms with Crippen molar-refractivity contribution in [2.24, 2.45) is 0 Å². The van der Waals surface area contributed by atoms with E-state index in [0.717, 1.165) is 5.56 Å². The number of hydrogen-bond donors (Lipinski definition) is 1. The molecule has 2 atom stereocenters. The van der Waals surface area contributed by atoms with Crippen molar-refractivity contribution in [3.8, 4) is 0 Å². The van der Waals surface area contributed by atoms with Gasteiger partial charge in [-0.2, -0.15) is 0 Å². The lowest BCUT2D eigenvalue weighted by Gasteiger charge is -2.30. The lowest BCUT2D eigenvalue weighted by molar-refractivity contribution is -0.137. The highest BCUT2D eigenvalue weighted by Crippen LogP contribution is 2.12. The van der Waals surface area contributed by atoms with Gasteiger partial charge >= 0.3 is 0 Å². The van der Waals surface area contributed by atoms with Crippen LogP contribution in [-0.2, 0) is 14.3 Å². The topological polar surface area (TPSA) is 61.9 Å². The third kappa shape index (κ3) is 5.04. The van der Waals surface area contributed by atoms with Gasteiger partial charge in [-0.3, -0.25) is 14.5 Å². The first-order valence-electron chi connectivity index (χ1n) is 8.40. The average molecular weight is 333 g/mol. The highest BCUT2D eigenvalue weighted by molar-refractivity contribution is 5.83. The van der Waals surface area contributed by atoms with Gasteiger partial charge in [0.1, 0.15) is 0 Å². The maximum Gasteiger partial charge on any atom is 0.237 e. The van der Waals surface area contributed by atoms with Crippen LogP contribution in [-0.4, -0.2) is 67.6 Å². The number of nitrogens with one attached hydrogen (secondary N) is 1. The largest absolute Gasteiger partial charge is 0.378 e. The molecule has 0 aliphatic carbocycles. The predicted octanol–water partition coefficient (Wildman–Crippen LogP) is 1.04. The molecule has 0 aromatic heterocycles. The van der Waals surface area contributed by atoms with E-state index >= 15 is 0 Å². The fourth-order valence-electron chi connectivity index (χ4n) is 2.62. The second-order valence-corrected chi connectivity index (χ2v) is 6.23. The van der Waals surface area contributed by atoms with Crippen molar-refractivity contribution in [2.75, 3.05) is 39.9 Å². The quantitative estimate of drug-likeness (QED) is 0.845. The molecule has 1 fully saturated rings. The van der Waals surface area contributed by atoms with Crippen molar-refractivity contribution in [3.05, 3.63) is 35.9 Å². The number of benzene rings is 1. The van der Waals surface area contributed by atoms with Crippen molar-refractivity contribution in [2.45, 2.75) is 25.9 Å². The Morgan fingerprint density at radius 3 is 2.46 bits per heavy atom. The van der Waals surface area contributed by atoms with E-state index < -0.39 is 0 Å². The van der Waals surface area contributed by atoms with Gasteiger partial charge in [-0.05, 0) is 26.5 Å². The average Bonchev–Trinajstić information content (AvgIpc) is 2.62. The number of ether oxygens (including phenoxy) is 1. The second-order valence-electron chi connectivity index (χ2n) is 6.23. The Bertz CT molecular complexity index is 544. The normalized spacial score (nSPS) is 17.4. The summed E-state index contributed by atoms with van der Waals surface area (Å²) in [5.74, 6) is -0.0415. The highest BCUT2D eigenvalue weighted by atomic mass is 16.5. The summed E-state index contributed by atoms with van der Waals surface area (Å²) in [5, 5.41) is 3.00. The Kier molecular flexibility index (Phi) is 6.75. The van der Waals surface area contributed by atoms with Crippen molar-refractivity contribution in [1.29, 1.82) is 0 Å². The number of carbonyl (C=O) groups is 2. The summed E-state index contributed by atoms with van der Waals surface area (Å²) < 4.78 is 5.25. The monoisotopic (exact) mass is 333 g/mol. The third-order valence-corrected chi connectivity index (χ3v) is 4.45. The summed E-state index contributed by atoms with van der Waals surface area (Å²) in [6.45, 7) is 6.42. The molecule has 0 radical (unpaired) electrons. The van der Waals surface area contributed by atoms with Crippen molar-refractivity contribution in [3.63, 3.8) is 0 Å². The zero-order valence-electron chi connectivity index (χ0n) is 14.7. The zero-order chi connectivity index (χ0) is 17.5. The molecule has 1 heterocycles. The molecule has 1 aromatic rings. The van der Waals surface area contributed by atoms with E-state index in [-0.39, 0.29) is 30.4 Å². The summed E-state index contributed by atoms with van der Waals surface area (Å²) in [5.41, 5.74) is 1.06. The van der Waals surface area contributed by atoms with E-state index in [9.17, 15) is 9.59 Å². The van der Waals surface area contributed by atoms with Crippen LogP contribution in [0.5, 0.6) is 0 Å². The summed E-state index contributed by atoms with van der Waals surface area (Å²) in [6.07, 6.45) is 0. The lowest BCUT2D eigenvalue weighted by Crippen LogP contribution is -2.50.